The van der Waals surface area contributed by atoms with Gasteiger partial charge < -0.3 is 14.8 Å². The molecule has 2 aliphatic heterocycles. The van der Waals surface area contributed by atoms with E-state index in [4.69, 9.17) is 0 Å². The molecule has 0 aromatic carbocycles. The second-order valence-corrected chi connectivity index (χ2v) is 7.67. The van der Waals surface area contributed by atoms with Crippen molar-refractivity contribution in [2.24, 2.45) is 11.3 Å². The summed E-state index contributed by atoms with van der Waals surface area (Å²) in [5, 5.41) is 12.1. The molecule has 2 fully saturated rings. The van der Waals surface area contributed by atoms with Crippen molar-refractivity contribution in [3.63, 3.8) is 0 Å². The second-order valence-electron chi connectivity index (χ2n) is 7.67. The Hall–Kier alpha value is -1.43. The lowest BCUT2D eigenvalue weighted by molar-refractivity contribution is -0.134. The highest BCUT2D eigenvalue weighted by Gasteiger charge is 2.54. The molecule has 1 saturated heterocycles. The number of amides is 1. The van der Waals surface area contributed by atoms with Crippen molar-refractivity contribution < 1.29 is 4.79 Å². The van der Waals surface area contributed by atoms with Gasteiger partial charge in [-0.05, 0) is 31.1 Å². The lowest BCUT2D eigenvalue weighted by Crippen LogP contribution is -2.40. The first kappa shape index (κ1) is 15.1. The number of nitrogens with zero attached hydrogens (tertiary/aromatic N) is 4. The van der Waals surface area contributed by atoms with E-state index >= 15 is 0 Å². The van der Waals surface area contributed by atoms with Gasteiger partial charge in [0.1, 0.15) is 11.6 Å². The molecule has 4 rings (SSSR count). The Morgan fingerprint density at radius 3 is 2.78 bits per heavy atom. The summed E-state index contributed by atoms with van der Waals surface area (Å²) in [4.78, 5) is 14.7. The minimum Gasteiger partial charge on any atom is -0.342 e. The van der Waals surface area contributed by atoms with Gasteiger partial charge in [0.15, 0.2) is 0 Å². The molecule has 1 saturated carbocycles. The molecule has 0 bridgehead atoms. The normalized spacial score (nSPS) is 31.0. The number of aromatic nitrogens is 3. The van der Waals surface area contributed by atoms with Crippen molar-refractivity contribution in [1.82, 2.24) is 25.0 Å². The summed E-state index contributed by atoms with van der Waals surface area (Å²) >= 11 is 0. The molecule has 6 heteroatoms. The third-order valence-electron chi connectivity index (χ3n) is 6.28. The summed E-state index contributed by atoms with van der Waals surface area (Å²) in [6.07, 6.45) is 4.23. The predicted octanol–water partition coefficient (Wildman–Crippen LogP) is 1.52. The van der Waals surface area contributed by atoms with E-state index in [9.17, 15) is 4.79 Å². The lowest BCUT2D eigenvalue weighted by atomic mass is 9.94. The lowest BCUT2D eigenvalue weighted by Gasteiger charge is -2.32. The van der Waals surface area contributed by atoms with Gasteiger partial charge in [-0.1, -0.05) is 13.8 Å². The molecule has 126 valence electrons. The smallest absolute Gasteiger partial charge is 0.226 e. The highest BCUT2D eigenvalue weighted by molar-refractivity contribution is 5.82. The van der Waals surface area contributed by atoms with Crippen LogP contribution in [0.3, 0.4) is 0 Å². The summed E-state index contributed by atoms with van der Waals surface area (Å²) in [5.41, 5.74) is 0.271. The molecule has 2 unspecified atom stereocenters. The molecular weight excluding hydrogens is 290 g/mol. The molecule has 1 N–H and O–H groups in total. The van der Waals surface area contributed by atoms with Crippen molar-refractivity contribution in [1.29, 1.82) is 0 Å². The first-order valence-corrected chi connectivity index (χ1v) is 9.04. The Bertz CT molecular complexity index is 604. The zero-order valence-corrected chi connectivity index (χ0v) is 14.2. The van der Waals surface area contributed by atoms with E-state index in [2.05, 4.69) is 38.8 Å². The maximum atomic E-state index is 12.6. The summed E-state index contributed by atoms with van der Waals surface area (Å²) < 4.78 is 2.29. The zero-order chi connectivity index (χ0) is 16.0. The molecule has 0 radical (unpaired) electrons. The highest BCUT2D eigenvalue weighted by atomic mass is 16.2. The molecule has 1 amide bonds. The van der Waals surface area contributed by atoms with E-state index < -0.39 is 0 Å². The Kier molecular flexibility index (Phi) is 3.67. The largest absolute Gasteiger partial charge is 0.342 e. The number of likely N-dealkylation sites (tertiary alicyclic amines) is 1. The summed E-state index contributed by atoms with van der Waals surface area (Å²) in [5.74, 6) is 3.31. The quantitative estimate of drug-likeness (QED) is 0.918. The van der Waals surface area contributed by atoms with Gasteiger partial charge in [-0.2, -0.15) is 0 Å². The third-order valence-corrected chi connectivity index (χ3v) is 6.28. The number of carbonyl (C=O) groups excluding carboxylic acids is 1. The fourth-order valence-electron chi connectivity index (χ4n) is 4.18. The molecule has 0 spiro atoms. The van der Waals surface area contributed by atoms with Crippen LogP contribution in [0.15, 0.2) is 0 Å². The van der Waals surface area contributed by atoms with Crippen LogP contribution < -0.4 is 5.32 Å². The standard InChI is InChI=1S/C17H27N5O/c1-3-17(2)10-13(17)16(23)21-7-4-12(5-8-21)15-20-19-14-11-18-6-9-22(14)15/h12-13,18H,3-11H2,1-2H3. The second kappa shape index (κ2) is 5.58. The van der Waals surface area contributed by atoms with Crippen LogP contribution in [0, 0.1) is 11.3 Å². The maximum absolute atomic E-state index is 12.6. The molecule has 3 heterocycles. The number of hydrogen-bond acceptors (Lipinski definition) is 4. The van der Waals surface area contributed by atoms with Crippen molar-refractivity contribution in [2.75, 3.05) is 19.6 Å². The number of nitrogens with one attached hydrogen (secondary N) is 1. The predicted molar refractivity (Wildman–Crippen MR) is 86.8 cm³/mol. The van der Waals surface area contributed by atoms with Gasteiger partial charge in [0.25, 0.3) is 0 Å². The third kappa shape index (κ3) is 2.57. The van der Waals surface area contributed by atoms with Crippen LogP contribution in [0.5, 0.6) is 0 Å². The van der Waals surface area contributed by atoms with Crippen LogP contribution in [0.25, 0.3) is 0 Å². The number of fused-ring (bicyclic) bond motifs is 1. The summed E-state index contributed by atoms with van der Waals surface area (Å²) in [6, 6.07) is 0. The molecule has 1 aromatic rings. The number of piperidine rings is 1. The van der Waals surface area contributed by atoms with E-state index in [0.29, 0.717) is 11.8 Å². The first-order chi connectivity index (χ1) is 11.1. The van der Waals surface area contributed by atoms with Crippen molar-refractivity contribution in [3.8, 4) is 0 Å². The molecule has 23 heavy (non-hydrogen) atoms. The Morgan fingerprint density at radius 1 is 1.30 bits per heavy atom. The Labute approximate surface area is 137 Å². The van der Waals surface area contributed by atoms with E-state index in [0.717, 1.165) is 70.1 Å². The van der Waals surface area contributed by atoms with Crippen LogP contribution >= 0.6 is 0 Å². The summed E-state index contributed by atoms with van der Waals surface area (Å²) in [6.45, 7) is 8.98. The van der Waals surface area contributed by atoms with Gasteiger partial charge in [0.2, 0.25) is 5.91 Å². The van der Waals surface area contributed by atoms with Gasteiger partial charge in [0, 0.05) is 38.0 Å². The van der Waals surface area contributed by atoms with Crippen LogP contribution in [0.2, 0.25) is 0 Å². The Balaban J connectivity index is 1.38. The van der Waals surface area contributed by atoms with E-state index in [1.165, 1.54) is 0 Å². The fourth-order valence-corrected chi connectivity index (χ4v) is 4.18. The van der Waals surface area contributed by atoms with Crippen molar-refractivity contribution in [3.05, 3.63) is 11.6 Å². The maximum Gasteiger partial charge on any atom is 0.226 e. The van der Waals surface area contributed by atoms with Gasteiger partial charge in [0.05, 0.1) is 6.54 Å². The molecule has 1 aliphatic carbocycles. The van der Waals surface area contributed by atoms with Gasteiger partial charge in [-0.25, -0.2) is 0 Å². The fraction of sp³-hybridized carbons (Fsp3) is 0.824. The molecule has 1 aromatic heterocycles. The average Bonchev–Trinajstić information content (AvgIpc) is 3.10. The minimum atomic E-state index is 0.271. The van der Waals surface area contributed by atoms with Crippen LogP contribution in [0.4, 0.5) is 0 Å². The molecule has 6 nitrogen and oxygen atoms in total. The van der Waals surface area contributed by atoms with Gasteiger partial charge >= 0.3 is 0 Å². The van der Waals surface area contributed by atoms with Crippen molar-refractivity contribution >= 4 is 5.91 Å². The molecule has 2 atom stereocenters. The monoisotopic (exact) mass is 317 g/mol. The van der Waals surface area contributed by atoms with Gasteiger partial charge in [-0.15, -0.1) is 10.2 Å². The molecule has 3 aliphatic rings. The number of carbonyl (C=O) groups is 1. The van der Waals surface area contributed by atoms with E-state index in [1.54, 1.807) is 0 Å². The van der Waals surface area contributed by atoms with Crippen LogP contribution in [-0.4, -0.2) is 45.2 Å². The first-order valence-electron chi connectivity index (χ1n) is 9.04. The van der Waals surface area contributed by atoms with Gasteiger partial charge in [-0.3, -0.25) is 4.79 Å². The van der Waals surface area contributed by atoms with Crippen molar-refractivity contribution in [2.45, 2.75) is 58.5 Å². The highest BCUT2D eigenvalue weighted by Crippen LogP contribution is 2.55. The SMILES string of the molecule is CCC1(C)CC1C(=O)N1CCC(c2nnc3n2CCNC3)CC1. The van der Waals surface area contributed by atoms with E-state index in [-0.39, 0.29) is 11.3 Å². The average molecular weight is 317 g/mol. The van der Waals surface area contributed by atoms with Crippen LogP contribution in [0.1, 0.15) is 57.1 Å². The summed E-state index contributed by atoms with van der Waals surface area (Å²) in [7, 11) is 0. The van der Waals surface area contributed by atoms with E-state index in [1.807, 2.05) is 0 Å². The topological polar surface area (TPSA) is 63.1 Å². The number of rotatable bonds is 3. The minimum absolute atomic E-state index is 0.271. The number of hydrogen-bond donors (Lipinski definition) is 1. The molecular formula is C17H27N5O. The Morgan fingerprint density at radius 2 is 2.09 bits per heavy atom. The van der Waals surface area contributed by atoms with Crippen LogP contribution in [-0.2, 0) is 17.9 Å². The zero-order valence-electron chi connectivity index (χ0n) is 14.2.